The summed E-state index contributed by atoms with van der Waals surface area (Å²) in [7, 11) is 0. The minimum atomic E-state index is 0.428. The van der Waals surface area contributed by atoms with Gasteiger partial charge < -0.3 is 0 Å². The zero-order chi connectivity index (χ0) is 10.6. The van der Waals surface area contributed by atoms with Crippen LogP contribution in [0.25, 0.3) is 0 Å². The van der Waals surface area contributed by atoms with Gasteiger partial charge in [0.05, 0.1) is 0 Å². The Kier molecular flexibility index (Phi) is 4.36. The zero-order valence-corrected chi connectivity index (χ0v) is 10.7. The van der Waals surface area contributed by atoms with Crippen LogP contribution in [0.4, 0.5) is 0 Å². The van der Waals surface area contributed by atoms with E-state index in [4.69, 9.17) is 0 Å². The van der Waals surface area contributed by atoms with Crippen LogP contribution in [-0.4, -0.2) is 6.29 Å². The molecule has 0 radical (unpaired) electrons. The summed E-state index contributed by atoms with van der Waals surface area (Å²) in [6, 6.07) is 0. The molecule has 0 N–H and O–H groups in total. The number of hydrogen-bond acceptors (Lipinski definition) is 1. The van der Waals surface area contributed by atoms with Crippen molar-refractivity contribution < 1.29 is 4.79 Å². The molecule has 0 saturated carbocycles. The van der Waals surface area contributed by atoms with Crippen LogP contribution >= 0.6 is 15.9 Å². The molecule has 80 valence electrons. The van der Waals surface area contributed by atoms with Crippen molar-refractivity contribution in [2.24, 2.45) is 5.41 Å². The highest BCUT2D eigenvalue weighted by molar-refractivity contribution is 9.11. The molecule has 0 fully saturated rings. The molecule has 0 aliphatic heterocycles. The molecule has 1 rings (SSSR count). The second-order valence-electron chi connectivity index (χ2n) is 4.92. The number of hydrogen-bond donors (Lipinski definition) is 0. The van der Waals surface area contributed by atoms with Gasteiger partial charge in [-0.25, -0.2) is 0 Å². The van der Waals surface area contributed by atoms with Crippen LogP contribution in [0, 0.1) is 5.41 Å². The molecule has 2 heteroatoms. The van der Waals surface area contributed by atoms with Crippen LogP contribution in [0.3, 0.4) is 0 Å². The fraction of sp³-hybridized carbons (Fsp3) is 0.750. The van der Waals surface area contributed by atoms with Crippen LogP contribution in [-0.2, 0) is 4.79 Å². The van der Waals surface area contributed by atoms with Crippen molar-refractivity contribution in [2.75, 3.05) is 0 Å². The SMILES string of the molecule is CC1(C)CCCC/C(C=O)=C(/Br)CC1. The highest BCUT2D eigenvalue weighted by atomic mass is 79.9. The van der Waals surface area contributed by atoms with Crippen molar-refractivity contribution in [3.05, 3.63) is 10.1 Å². The Balaban J connectivity index is 2.72. The average molecular weight is 259 g/mol. The molecule has 0 bridgehead atoms. The normalized spacial score (nSPS) is 28.8. The fourth-order valence-electron chi connectivity index (χ4n) is 1.91. The Morgan fingerprint density at radius 1 is 1.21 bits per heavy atom. The van der Waals surface area contributed by atoms with Crippen LogP contribution in [0.1, 0.15) is 52.4 Å². The molecule has 0 aromatic carbocycles. The number of carbonyl (C=O) groups excluding carboxylic acids is 1. The van der Waals surface area contributed by atoms with Gasteiger partial charge >= 0.3 is 0 Å². The summed E-state index contributed by atoms with van der Waals surface area (Å²) in [4.78, 5) is 10.8. The monoisotopic (exact) mass is 258 g/mol. The third kappa shape index (κ3) is 3.56. The van der Waals surface area contributed by atoms with E-state index in [0.29, 0.717) is 5.41 Å². The Morgan fingerprint density at radius 2 is 1.93 bits per heavy atom. The molecular formula is C12H19BrO. The number of carbonyl (C=O) groups is 1. The van der Waals surface area contributed by atoms with E-state index in [-0.39, 0.29) is 0 Å². The van der Waals surface area contributed by atoms with E-state index < -0.39 is 0 Å². The third-order valence-electron chi connectivity index (χ3n) is 3.06. The van der Waals surface area contributed by atoms with E-state index in [1.165, 1.54) is 19.3 Å². The number of halogens is 1. The molecule has 0 saturated heterocycles. The summed E-state index contributed by atoms with van der Waals surface area (Å²) in [5.41, 5.74) is 1.40. The Labute approximate surface area is 95.1 Å². The Morgan fingerprint density at radius 3 is 2.57 bits per heavy atom. The maximum Gasteiger partial charge on any atom is 0.146 e. The predicted molar refractivity (Wildman–Crippen MR) is 63.5 cm³/mol. The van der Waals surface area contributed by atoms with Crippen LogP contribution in [0.2, 0.25) is 0 Å². The van der Waals surface area contributed by atoms with Crippen molar-refractivity contribution >= 4 is 22.2 Å². The van der Waals surface area contributed by atoms with Gasteiger partial charge in [0, 0.05) is 10.1 Å². The lowest BCUT2D eigenvalue weighted by Crippen LogP contribution is -2.10. The third-order valence-corrected chi connectivity index (χ3v) is 3.97. The van der Waals surface area contributed by atoms with Crippen molar-refractivity contribution in [3.8, 4) is 0 Å². The van der Waals surface area contributed by atoms with E-state index in [1.54, 1.807) is 0 Å². The lowest BCUT2D eigenvalue weighted by molar-refractivity contribution is -0.105. The zero-order valence-electron chi connectivity index (χ0n) is 9.11. The Bertz CT molecular complexity index is 241. The number of aldehydes is 1. The molecule has 0 spiro atoms. The summed E-state index contributed by atoms with van der Waals surface area (Å²) < 4.78 is 1.13. The van der Waals surface area contributed by atoms with Crippen molar-refractivity contribution in [1.82, 2.24) is 0 Å². The van der Waals surface area contributed by atoms with Gasteiger partial charge in [0.25, 0.3) is 0 Å². The first-order chi connectivity index (χ1) is 6.55. The first-order valence-electron chi connectivity index (χ1n) is 5.38. The molecule has 0 aromatic heterocycles. The minimum Gasteiger partial charge on any atom is -0.298 e. The van der Waals surface area contributed by atoms with Gasteiger partial charge in [-0.3, -0.25) is 4.79 Å². The van der Waals surface area contributed by atoms with E-state index >= 15 is 0 Å². The molecule has 0 amide bonds. The molecule has 0 atom stereocenters. The Hall–Kier alpha value is -0.110. The molecule has 0 aromatic rings. The minimum absolute atomic E-state index is 0.428. The van der Waals surface area contributed by atoms with Crippen molar-refractivity contribution in [1.29, 1.82) is 0 Å². The molecule has 0 unspecified atom stereocenters. The predicted octanol–water partition coefficient (Wildman–Crippen LogP) is 4.21. The fourth-order valence-corrected chi connectivity index (χ4v) is 2.40. The lowest BCUT2D eigenvalue weighted by atomic mass is 9.83. The summed E-state index contributed by atoms with van der Waals surface area (Å²) >= 11 is 3.53. The molecular weight excluding hydrogens is 240 g/mol. The molecule has 0 heterocycles. The van der Waals surface area contributed by atoms with E-state index in [2.05, 4.69) is 29.8 Å². The highest BCUT2D eigenvalue weighted by Gasteiger charge is 2.19. The number of rotatable bonds is 1. The van der Waals surface area contributed by atoms with Crippen molar-refractivity contribution in [2.45, 2.75) is 52.4 Å². The lowest BCUT2D eigenvalue weighted by Gasteiger charge is -2.23. The van der Waals surface area contributed by atoms with Gasteiger partial charge in [-0.15, -0.1) is 0 Å². The second-order valence-corrected chi connectivity index (χ2v) is 5.88. The van der Waals surface area contributed by atoms with Gasteiger partial charge in [-0.2, -0.15) is 0 Å². The summed E-state index contributed by atoms with van der Waals surface area (Å²) in [5, 5.41) is 0. The van der Waals surface area contributed by atoms with Crippen LogP contribution in [0.5, 0.6) is 0 Å². The largest absolute Gasteiger partial charge is 0.298 e. The van der Waals surface area contributed by atoms with Crippen LogP contribution < -0.4 is 0 Å². The first kappa shape index (κ1) is 12.0. The summed E-state index contributed by atoms with van der Waals surface area (Å²) in [6.45, 7) is 4.64. The summed E-state index contributed by atoms with van der Waals surface area (Å²) in [5.74, 6) is 0. The maximum absolute atomic E-state index is 10.8. The molecule has 1 aliphatic carbocycles. The van der Waals surface area contributed by atoms with Gasteiger partial charge in [0.2, 0.25) is 0 Å². The van der Waals surface area contributed by atoms with Gasteiger partial charge in [0.1, 0.15) is 6.29 Å². The molecule has 1 nitrogen and oxygen atoms in total. The van der Waals surface area contributed by atoms with E-state index in [9.17, 15) is 4.79 Å². The number of allylic oxidation sites excluding steroid dienone is 2. The van der Waals surface area contributed by atoms with E-state index in [1.807, 2.05) is 0 Å². The smallest absolute Gasteiger partial charge is 0.146 e. The quantitative estimate of drug-likeness (QED) is 0.644. The standard InChI is InChI=1S/C12H19BrO/c1-12(2)7-4-3-5-10(9-14)11(13)6-8-12/h9H,3-8H2,1-2H3/b11-10-. The average Bonchev–Trinajstić information content (AvgIpc) is 2.19. The molecule has 1 aliphatic rings. The topological polar surface area (TPSA) is 17.1 Å². The van der Waals surface area contributed by atoms with Gasteiger partial charge in [0.15, 0.2) is 0 Å². The maximum atomic E-state index is 10.8. The van der Waals surface area contributed by atoms with E-state index in [0.717, 1.165) is 35.6 Å². The molecule has 14 heavy (non-hydrogen) atoms. The summed E-state index contributed by atoms with van der Waals surface area (Å²) in [6.07, 6.45) is 7.81. The van der Waals surface area contributed by atoms with Crippen molar-refractivity contribution in [3.63, 3.8) is 0 Å². The highest BCUT2D eigenvalue weighted by Crippen LogP contribution is 2.35. The second kappa shape index (κ2) is 5.11. The van der Waals surface area contributed by atoms with Gasteiger partial charge in [-0.05, 0) is 37.5 Å². The van der Waals surface area contributed by atoms with Gasteiger partial charge in [-0.1, -0.05) is 36.2 Å². The first-order valence-corrected chi connectivity index (χ1v) is 6.17. The van der Waals surface area contributed by atoms with Crippen LogP contribution in [0.15, 0.2) is 10.1 Å².